The van der Waals surface area contributed by atoms with Crippen molar-refractivity contribution in [3.8, 4) is 5.75 Å². The molecule has 18 heavy (non-hydrogen) atoms. The van der Waals surface area contributed by atoms with Crippen molar-refractivity contribution in [2.45, 2.75) is 13.3 Å². The molecule has 0 aromatic heterocycles. The maximum Gasteiger partial charge on any atom is 0.251 e. The van der Waals surface area contributed by atoms with Gasteiger partial charge in [0.25, 0.3) is 5.91 Å². The topological polar surface area (TPSA) is 107 Å². The average molecular weight is 251 g/mol. The molecule has 1 aromatic carbocycles. The SMILES string of the molecule is CCOc1ccc(C(=O)NCCC(N)=O)cc1N. The first kappa shape index (κ1) is 13.8. The molecular weight excluding hydrogens is 234 g/mol. The molecule has 0 unspecified atom stereocenters. The fourth-order valence-corrected chi connectivity index (χ4v) is 1.38. The first-order chi connectivity index (χ1) is 8.54. The molecule has 0 bridgehead atoms. The van der Waals surface area contributed by atoms with Crippen LogP contribution in [0.3, 0.4) is 0 Å². The van der Waals surface area contributed by atoms with Gasteiger partial charge in [-0.3, -0.25) is 9.59 Å². The number of carbonyl (C=O) groups excluding carboxylic acids is 2. The summed E-state index contributed by atoms with van der Waals surface area (Å²) in [6, 6.07) is 4.79. The Morgan fingerprint density at radius 3 is 2.67 bits per heavy atom. The first-order valence-electron chi connectivity index (χ1n) is 5.63. The number of primary amides is 1. The predicted octanol–water partition coefficient (Wildman–Crippen LogP) is 0.273. The fraction of sp³-hybridized carbons (Fsp3) is 0.333. The van der Waals surface area contributed by atoms with Crippen molar-refractivity contribution in [2.75, 3.05) is 18.9 Å². The Kier molecular flexibility index (Phi) is 4.98. The normalized spacial score (nSPS) is 9.83. The fourth-order valence-electron chi connectivity index (χ4n) is 1.38. The lowest BCUT2D eigenvalue weighted by Gasteiger charge is -2.09. The molecule has 0 spiro atoms. The van der Waals surface area contributed by atoms with Crippen LogP contribution in [0.4, 0.5) is 5.69 Å². The molecule has 0 saturated heterocycles. The minimum atomic E-state index is -0.457. The third-order valence-corrected chi connectivity index (χ3v) is 2.23. The van der Waals surface area contributed by atoms with Gasteiger partial charge in [-0.2, -0.15) is 0 Å². The van der Waals surface area contributed by atoms with E-state index >= 15 is 0 Å². The first-order valence-corrected chi connectivity index (χ1v) is 5.63. The summed E-state index contributed by atoms with van der Waals surface area (Å²) < 4.78 is 5.27. The molecular formula is C12H17N3O3. The Bertz CT molecular complexity index is 446. The zero-order valence-corrected chi connectivity index (χ0v) is 10.2. The van der Waals surface area contributed by atoms with Crippen LogP contribution in [0.5, 0.6) is 5.75 Å². The lowest BCUT2D eigenvalue weighted by atomic mass is 10.1. The number of benzene rings is 1. The number of nitrogens with two attached hydrogens (primary N) is 2. The van der Waals surface area contributed by atoms with E-state index in [0.717, 1.165) is 0 Å². The predicted molar refractivity (Wildman–Crippen MR) is 68.2 cm³/mol. The van der Waals surface area contributed by atoms with Crippen LogP contribution in [0.15, 0.2) is 18.2 Å². The minimum absolute atomic E-state index is 0.109. The Hall–Kier alpha value is -2.24. The van der Waals surface area contributed by atoms with Gasteiger partial charge in [0, 0.05) is 18.5 Å². The van der Waals surface area contributed by atoms with Crippen molar-refractivity contribution >= 4 is 17.5 Å². The highest BCUT2D eigenvalue weighted by atomic mass is 16.5. The molecule has 98 valence electrons. The van der Waals surface area contributed by atoms with Gasteiger partial charge in [0.15, 0.2) is 0 Å². The molecule has 0 saturated carbocycles. The largest absolute Gasteiger partial charge is 0.492 e. The number of amides is 2. The Morgan fingerprint density at radius 2 is 2.11 bits per heavy atom. The number of nitrogen functional groups attached to an aromatic ring is 1. The number of carbonyl (C=O) groups is 2. The number of ether oxygens (including phenoxy) is 1. The molecule has 0 aliphatic rings. The lowest BCUT2D eigenvalue weighted by Crippen LogP contribution is -2.27. The monoisotopic (exact) mass is 251 g/mol. The number of hydrogen-bond donors (Lipinski definition) is 3. The standard InChI is InChI=1S/C12H17N3O3/c1-2-18-10-4-3-8(7-9(10)13)12(17)15-6-5-11(14)16/h3-4,7H,2,5-6,13H2,1H3,(H2,14,16)(H,15,17). The molecule has 0 aliphatic carbocycles. The summed E-state index contributed by atoms with van der Waals surface area (Å²) in [5.74, 6) is -0.210. The van der Waals surface area contributed by atoms with Gasteiger partial charge >= 0.3 is 0 Å². The van der Waals surface area contributed by atoms with Crippen molar-refractivity contribution in [3.05, 3.63) is 23.8 Å². The van der Waals surface area contributed by atoms with Gasteiger partial charge in [-0.1, -0.05) is 0 Å². The maximum absolute atomic E-state index is 11.7. The molecule has 1 aromatic rings. The third-order valence-electron chi connectivity index (χ3n) is 2.23. The molecule has 0 radical (unpaired) electrons. The Balaban J connectivity index is 2.63. The van der Waals surface area contributed by atoms with Crippen LogP contribution < -0.4 is 21.5 Å². The van der Waals surface area contributed by atoms with E-state index in [9.17, 15) is 9.59 Å². The van der Waals surface area contributed by atoms with Crippen molar-refractivity contribution in [1.82, 2.24) is 5.32 Å². The van der Waals surface area contributed by atoms with E-state index in [1.807, 2.05) is 6.92 Å². The van der Waals surface area contributed by atoms with Crippen molar-refractivity contribution in [2.24, 2.45) is 5.73 Å². The van der Waals surface area contributed by atoms with Crippen LogP contribution in [0, 0.1) is 0 Å². The van der Waals surface area contributed by atoms with E-state index in [1.54, 1.807) is 12.1 Å². The second-order valence-electron chi connectivity index (χ2n) is 3.66. The summed E-state index contributed by atoms with van der Waals surface area (Å²) in [5, 5.41) is 2.57. The lowest BCUT2D eigenvalue weighted by molar-refractivity contribution is -0.117. The van der Waals surface area contributed by atoms with E-state index in [-0.39, 0.29) is 18.9 Å². The van der Waals surface area contributed by atoms with Gasteiger partial charge in [-0.15, -0.1) is 0 Å². The van der Waals surface area contributed by atoms with Crippen LogP contribution in [0.1, 0.15) is 23.7 Å². The highest BCUT2D eigenvalue weighted by molar-refractivity contribution is 5.95. The quantitative estimate of drug-likeness (QED) is 0.631. The number of hydrogen-bond acceptors (Lipinski definition) is 4. The second-order valence-corrected chi connectivity index (χ2v) is 3.66. The summed E-state index contributed by atoms with van der Waals surface area (Å²) in [6.07, 6.45) is 0.109. The summed E-state index contributed by atoms with van der Waals surface area (Å²) in [7, 11) is 0. The second kappa shape index (κ2) is 6.48. The van der Waals surface area contributed by atoms with Crippen molar-refractivity contribution in [3.63, 3.8) is 0 Å². The van der Waals surface area contributed by atoms with Crippen LogP contribution in [-0.2, 0) is 4.79 Å². The molecule has 6 nitrogen and oxygen atoms in total. The number of nitrogens with one attached hydrogen (secondary N) is 1. The molecule has 1 rings (SSSR count). The molecule has 0 heterocycles. The van der Waals surface area contributed by atoms with Gasteiger partial charge in [0.05, 0.1) is 12.3 Å². The smallest absolute Gasteiger partial charge is 0.251 e. The van der Waals surface area contributed by atoms with E-state index in [4.69, 9.17) is 16.2 Å². The highest BCUT2D eigenvalue weighted by Gasteiger charge is 2.08. The van der Waals surface area contributed by atoms with Crippen molar-refractivity contribution < 1.29 is 14.3 Å². The molecule has 0 fully saturated rings. The molecule has 5 N–H and O–H groups in total. The van der Waals surface area contributed by atoms with Crippen LogP contribution in [0.25, 0.3) is 0 Å². The highest BCUT2D eigenvalue weighted by Crippen LogP contribution is 2.22. The van der Waals surface area contributed by atoms with Gasteiger partial charge < -0.3 is 21.5 Å². The van der Waals surface area contributed by atoms with Crippen molar-refractivity contribution in [1.29, 1.82) is 0 Å². The van der Waals surface area contributed by atoms with Crippen LogP contribution in [0.2, 0.25) is 0 Å². The molecule has 2 amide bonds. The van der Waals surface area contributed by atoms with Crippen LogP contribution in [-0.4, -0.2) is 25.0 Å². The third kappa shape index (κ3) is 3.97. The van der Waals surface area contributed by atoms with Crippen LogP contribution >= 0.6 is 0 Å². The van der Waals surface area contributed by atoms with Gasteiger partial charge in [0.2, 0.25) is 5.91 Å². The van der Waals surface area contributed by atoms with E-state index in [2.05, 4.69) is 5.32 Å². The zero-order valence-electron chi connectivity index (χ0n) is 10.2. The van der Waals surface area contributed by atoms with E-state index in [0.29, 0.717) is 23.6 Å². The summed E-state index contributed by atoms with van der Waals surface area (Å²) >= 11 is 0. The number of rotatable bonds is 6. The molecule has 0 aliphatic heterocycles. The van der Waals surface area contributed by atoms with E-state index < -0.39 is 5.91 Å². The summed E-state index contributed by atoms with van der Waals surface area (Å²) in [4.78, 5) is 22.2. The zero-order chi connectivity index (χ0) is 13.5. The van der Waals surface area contributed by atoms with E-state index in [1.165, 1.54) is 6.07 Å². The van der Waals surface area contributed by atoms with Gasteiger partial charge in [0.1, 0.15) is 5.75 Å². The average Bonchev–Trinajstić information content (AvgIpc) is 2.31. The summed E-state index contributed by atoms with van der Waals surface area (Å²) in [6.45, 7) is 2.57. The Labute approximate surface area is 105 Å². The van der Waals surface area contributed by atoms with Gasteiger partial charge in [-0.05, 0) is 25.1 Å². The molecule has 6 heteroatoms. The number of anilines is 1. The van der Waals surface area contributed by atoms with Gasteiger partial charge in [-0.25, -0.2) is 0 Å². The summed E-state index contributed by atoms with van der Waals surface area (Å²) in [5.41, 5.74) is 11.5. The maximum atomic E-state index is 11.7. The molecule has 0 atom stereocenters. The Morgan fingerprint density at radius 1 is 1.39 bits per heavy atom. The minimum Gasteiger partial charge on any atom is -0.492 e.